The Morgan fingerprint density at radius 2 is 0.723 bits per heavy atom. The van der Waals surface area contributed by atoms with Crippen LogP contribution in [0.2, 0.25) is 0 Å². The van der Waals surface area contributed by atoms with Crippen LogP contribution < -0.4 is 4.90 Å². The number of rotatable bonds is 8. The number of hydrogen-bond donors (Lipinski definition) is 0. The van der Waals surface area contributed by atoms with E-state index in [2.05, 4.69) is 271 Å². The lowest BCUT2D eigenvalue weighted by Gasteiger charge is -2.29. The maximum Gasteiger partial charge on any atom is 0.0540 e. The molecule has 0 aliphatic heterocycles. The third kappa shape index (κ3) is 8.27. The summed E-state index contributed by atoms with van der Waals surface area (Å²) in [5.41, 5.74) is 18.1. The van der Waals surface area contributed by atoms with E-state index in [0.717, 1.165) is 17.1 Å². The largest absolute Gasteiger partial charge is 0.310 e. The number of hydrogen-bond acceptors (Lipinski definition) is 1. The van der Waals surface area contributed by atoms with Gasteiger partial charge in [-0.2, -0.15) is 0 Å². The molecule has 1 heteroatoms. The van der Waals surface area contributed by atoms with Gasteiger partial charge in [-0.15, -0.1) is 0 Å². The second-order valence-corrected chi connectivity index (χ2v) is 19.4. The quantitative estimate of drug-likeness (QED) is 0.147. The van der Waals surface area contributed by atoms with Gasteiger partial charge >= 0.3 is 0 Å². The van der Waals surface area contributed by atoms with E-state index in [1.165, 1.54) is 88.3 Å². The van der Waals surface area contributed by atoms with Crippen LogP contribution in [0.15, 0.2) is 224 Å². The molecule has 0 saturated carbocycles. The van der Waals surface area contributed by atoms with Crippen molar-refractivity contribution in [3.05, 3.63) is 236 Å². The van der Waals surface area contributed by atoms with Crippen LogP contribution in [0.4, 0.5) is 17.1 Å². The zero-order valence-electron chi connectivity index (χ0n) is 38.3. The van der Waals surface area contributed by atoms with E-state index in [1.54, 1.807) is 0 Å². The topological polar surface area (TPSA) is 3.24 Å². The Morgan fingerprint density at radius 1 is 0.292 bits per heavy atom. The summed E-state index contributed by atoms with van der Waals surface area (Å²) in [6.45, 7) is 13.9. The predicted molar refractivity (Wildman–Crippen MR) is 281 cm³/mol. The van der Waals surface area contributed by atoms with Crippen LogP contribution >= 0.6 is 0 Å². The molecule has 10 aromatic rings. The van der Waals surface area contributed by atoms with Crippen LogP contribution in [0.1, 0.15) is 52.7 Å². The monoisotopic (exact) mass is 837 g/mol. The first-order valence-electron chi connectivity index (χ1n) is 22.9. The maximum atomic E-state index is 2.43. The van der Waals surface area contributed by atoms with Crippen LogP contribution in [-0.4, -0.2) is 0 Å². The summed E-state index contributed by atoms with van der Waals surface area (Å²) in [4.78, 5) is 2.43. The highest BCUT2D eigenvalue weighted by Crippen LogP contribution is 2.46. The molecular weight excluding hydrogens is 783 g/mol. The van der Waals surface area contributed by atoms with E-state index in [0.29, 0.717) is 0 Å². The highest BCUT2D eigenvalue weighted by Gasteiger charge is 2.24. The van der Waals surface area contributed by atoms with Crippen molar-refractivity contribution in [2.45, 2.75) is 52.4 Å². The van der Waals surface area contributed by atoms with Crippen molar-refractivity contribution in [1.82, 2.24) is 0 Å². The van der Waals surface area contributed by atoms with Gasteiger partial charge in [0.1, 0.15) is 0 Å². The average Bonchev–Trinajstić information content (AvgIpc) is 3.34. The van der Waals surface area contributed by atoms with E-state index < -0.39 is 0 Å². The molecule has 0 aliphatic carbocycles. The fourth-order valence-electron chi connectivity index (χ4n) is 9.33. The second-order valence-electron chi connectivity index (χ2n) is 19.4. The van der Waals surface area contributed by atoms with Gasteiger partial charge < -0.3 is 4.90 Å². The van der Waals surface area contributed by atoms with Gasteiger partial charge in [-0.3, -0.25) is 0 Å². The molecule has 0 aliphatic rings. The summed E-state index contributed by atoms with van der Waals surface area (Å²) >= 11 is 0. The number of para-hydroxylation sites is 1. The third-order valence-corrected chi connectivity index (χ3v) is 13.0. The van der Waals surface area contributed by atoms with E-state index >= 15 is 0 Å². The second kappa shape index (κ2) is 16.9. The van der Waals surface area contributed by atoms with Gasteiger partial charge in [-0.1, -0.05) is 236 Å². The number of nitrogens with zero attached hydrogens (tertiary/aromatic N) is 1. The zero-order valence-corrected chi connectivity index (χ0v) is 38.3. The first-order valence-corrected chi connectivity index (χ1v) is 22.9. The van der Waals surface area contributed by atoms with E-state index in [-0.39, 0.29) is 10.8 Å². The third-order valence-electron chi connectivity index (χ3n) is 13.0. The van der Waals surface area contributed by atoms with Crippen LogP contribution in [0.5, 0.6) is 0 Å². The highest BCUT2D eigenvalue weighted by molar-refractivity contribution is 6.09. The van der Waals surface area contributed by atoms with Crippen molar-refractivity contribution in [3.8, 4) is 55.6 Å². The molecule has 1 nitrogen and oxygen atoms in total. The van der Waals surface area contributed by atoms with Gasteiger partial charge in [0.15, 0.2) is 0 Å². The fraction of sp³-hybridized carbons (Fsp3) is 0.125. The van der Waals surface area contributed by atoms with Crippen LogP contribution in [-0.2, 0) is 10.8 Å². The summed E-state index contributed by atoms with van der Waals surface area (Å²) in [5.74, 6) is 0. The van der Waals surface area contributed by atoms with Gasteiger partial charge in [0.25, 0.3) is 0 Å². The Morgan fingerprint density at radius 3 is 1.32 bits per heavy atom. The number of fused-ring (bicyclic) bond motifs is 2. The van der Waals surface area contributed by atoms with Crippen molar-refractivity contribution in [1.29, 1.82) is 0 Å². The van der Waals surface area contributed by atoms with E-state index in [4.69, 9.17) is 0 Å². The van der Waals surface area contributed by atoms with Crippen molar-refractivity contribution in [2.24, 2.45) is 0 Å². The SMILES string of the molecule is CC(C)(C)c1cc(-c2cccc3cccc(-c4ccccc4N(c4ccc(-c5ccccc5)cc4)c4ccc(-c5ccc(-c6cccc7ccccc67)cc5)cc4)c23)cc(C(C)(C)C)c1. The molecule has 0 unspecified atom stereocenters. The summed E-state index contributed by atoms with van der Waals surface area (Å²) in [7, 11) is 0. The van der Waals surface area contributed by atoms with Crippen molar-refractivity contribution in [3.63, 3.8) is 0 Å². The van der Waals surface area contributed by atoms with Crippen molar-refractivity contribution in [2.75, 3.05) is 4.90 Å². The summed E-state index contributed by atoms with van der Waals surface area (Å²) in [6, 6.07) is 82.7. The molecule has 0 fully saturated rings. The molecule has 0 spiro atoms. The predicted octanol–water partition coefficient (Wildman–Crippen LogP) is 18.4. The first-order chi connectivity index (χ1) is 31.5. The fourth-order valence-corrected chi connectivity index (χ4v) is 9.33. The lowest BCUT2D eigenvalue weighted by molar-refractivity contribution is 0.569. The average molecular weight is 838 g/mol. The summed E-state index contributed by atoms with van der Waals surface area (Å²) in [5, 5.41) is 5.01. The Bertz CT molecular complexity index is 3250. The number of benzene rings is 10. The molecule has 0 bridgehead atoms. The molecule has 0 N–H and O–H groups in total. The van der Waals surface area contributed by atoms with Crippen LogP contribution in [0.25, 0.3) is 77.2 Å². The normalized spacial score (nSPS) is 11.8. The molecular formula is C64H55N. The zero-order chi connectivity index (χ0) is 44.7. The summed E-state index contributed by atoms with van der Waals surface area (Å²) in [6.07, 6.45) is 0. The summed E-state index contributed by atoms with van der Waals surface area (Å²) < 4.78 is 0. The first kappa shape index (κ1) is 41.5. The van der Waals surface area contributed by atoms with Gasteiger partial charge in [-0.25, -0.2) is 0 Å². The Hall–Kier alpha value is -7.48. The molecule has 316 valence electrons. The molecule has 0 atom stereocenters. The Labute approximate surface area is 385 Å². The van der Waals surface area contributed by atoms with Crippen molar-refractivity contribution >= 4 is 38.6 Å². The molecule has 65 heavy (non-hydrogen) atoms. The Balaban J connectivity index is 1.10. The van der Waals surface area contributed by atoms with Crippen LogP contribution in [0.3, 0.4) is 0 Å². The van der Waals surface area contributed by atoms with E-state index in [1.807, 2.05) is 0 Å². The number of anilines is 3. The molecule has 0 saturated heterocycles. The smallest absolute Gasteiger partial charge is 0.0540 e. The lowest BCUT2D eigenvalue weighted by atomic mass is 9.78. The lowest BCUT2D eigenvalue weighted by Crippen LogP contribution is -2.16. The Kier molecular flexibility index (Phi) is 10.8. The molecule has 10 aromatic carbocycles. The van der Waals surface area contributed by atoms with Crippen LogP contribution in [0, 0.1) is 0 Å². The van der Waals surface area contributed by atoms with Gasteiger partial charge in [0.2, 0.25) is 0 Å². The minimum atomic E-state index is 0.00306. The maximum absolute atomic E-state index is 2.43. The molecule has 0 heterocycles. The van der Waals surface area contributed by atoms with Gasteiger partial charge in [0, 0.05) is 16.9 Å². The van der Waals surface area contributed by atoms with Gasteiger partial charge in [-0.05, 0) is 124 Å². The van der Waals surface area contributed by atoms with Gasteiger partial charge in [0.05, 0.1) is 5.69 Å². The minimum Gasteiger partial charge on any atom is -0.310 e. The standard InChI is InChI=1S/C64H55N/c1-63(2,3)52-41-51(42-53(43-52)64(4,5)6)58-26-15-21-50-22-16-27-60(62(50)58)59-24-12-13-28-61(59)65(54-37-33-46(34-38-54)44-17-8-7-9-18-44)55-39-35-47(36-40-55)45-29-31-49(32-30-45)57-25-14-20-48-19-10-11-23-56(48)57/h7-43H,1-6H3. The molecule has 0 radical (unpaired) electrons. The highest BCUT2D eigenvalue weighted by atomic mass is 15.1. The molecule has 10 rings (SSSR count). The molecule has 0 amide bonds. The molecule has 0 aromatic heterocycles. The van der Waals surface area contributed by atoms with E-state index in [9.17, 15) is 0 Å². The van der Waals surface area contributed by atoms with Crippen molar-refractivity contribution < 1.29 is 0 Å². The minimum absolute atomic E-state index is 0.00306.